The Kier molecular flexibility index (Phi) is 8.57. The third kappa shape index (κ3) is 6.52. The van der Waals surface area contributed by atoms with Crippen LogP contribution >= 0.6 is 0 Å². The minimum atomic E-state index is -0.319. The average molecular weight is 435 g/mol. The predicted molar refractivity (Wildman–Crippen MR) is 125 cm³/mol. The van der Waals surface area contributed by atoms with Gasteiger partial charge in [-0.05, 0) is 42.4 Å². The Bertz CT molecular complexity index is 1060. The second-order valence-corrected chi connectivity index (χ2v) is 7.35. The number of hydrogen-bond donors (Lipinski definition) is 1. The first-order chi connectivity index (χ1) is 15.6. The number of aromatic nitrogens is 2. The van der Waals surface area contributed by atoms with Crippen molar-refractivity contribution in [1.29, 1.82) is 0 Å². The number of carbonyl (C=O) groups excluding carboxylic acids is 1. The number of rotatable bonds is 11. The molecule has 0 bridgehead atoms. The third-order valence-electron chi connectivity index (χ3n) is 5.26. The molecule has 32 heavy (non-hydrogen) atoms. The number of hydrogen-bond acceptors (Lipinski definition) is 5. The van der Waals surface area contributed by atoms with E-state index in [0.717, 1.165) is 30.9 Å². The van der Waals surface area contributed by atoms with E-state index in [1.54, 1.807) is 0 Å². The normalized spacial score (nSPS) is 10.8. The van der Waals surface area contributed by atoms with E-state index in [1.807, 2.05) is 48.5 Å². The van der Waals surface area contributed by atoms with Gasteiger partial charge in [-0.3, -0.25) is 14.5 Å². The van der Waals surface area contributed by atoms with E-state index >= 15 is 0 Å². The van der Waals surface area contributed by atoms with Crippen LogP contribution in [0.1, 0.15) is 35.5 Å². The van der Waals surface area contributed by atoms with Gasteiger partial charge < -0.3 is 10.1 Å². The molecule has 3 rings (SSSR count). The lowest BCUT2D eigenvalue weighted by molar-refractivity contribution is 0.0942. The number of carbonyl (C=O) groups is 1. The van der Waals surface area contributed by atoms with Crippen molar-refractivity contribution in [2.45, 2.75) is 33.5 Å². The molecule has 1 N–H and O–H groups in total. The molecule has 0 atom stereocenters. The molecule has 0 saturated carbocycles. The number of ether oxygens (including phenoxy) is 1. The fraction of sp³-hybridized carbons (Fsp3) is 0.320. The lowest BCUT2D eigenvalue weighted by Gasteiger charge is -2.20. The topological polar surface area (TPSA) is 76.5 Å². The Labute approximate surface area is 188 Å². The molecular weight excluding hydrogens is 404 g/mol. The van der Waals surface area contributed by atoms with Crippen LogP contribution in [0.15, 0.2) is 71.5 Å². The van der Waals surface area contributed by atoms with Crippen LogP contribution < -0.4 is 15.6 Å². The summed E-state index contributed by atoms with van der Waals surface area (Å²) in [4.78, 5) is 27.1. The largest absolute Gasteiger partial charge is 0.492 e. The summed E-state index contributed by atoms with van der Waals surface area (Å²) in [6.45, 7) is 7.98. The summed E-state index contributed by atoms with van der Waals surface area (Å²) >= 11 is 0. The van der Waals surface area contributed by atoms with Gasteiger partial charge in [0, 0.05) is 19.2 Å². The molecule has 2 aromatic carbocycles. The molecule has 0 unspecified atom stereocenters. The highest BCUT2D eigenvalue weighted by atomic mass is 16.5. The molecular formula is C25H30N4O3. The van der Waals surface area contributed by atoms with Crippen LogP contribution in [0.4, 0.5) is 0 Å². The van der Waals surface area contributed by atoms with Crippen LogP contribution in [0.5, 0.6) is 5.75 Å². The van der Waals surface area contributed by atoms with Crippen molar-refractivity contribution in [3.63, 3.8) is 0 Å². The summed E-state index contributed by atoms with van der Waals surface area (Å²) in [7, 11) is 0. The zero-order chi connectivity index (χ0) is 22.8. The summed E-state index contributed by atoms with van der Waals surface area (Å²) in [6.07, 6.45) is 0. The van der Waals surface area contributed by atoms with E-state index in [0.29, 0.717) is 6.54 Å². The van der Waals surface area contributed by atoms with Gasteiger partial charge in [-0.1, -0.05) is 56.3 Å². The summed E-state index contributed by atoms with van der Waals surface area (Å²) in [5, 5.41) is 7.14. The van der Waals surface area contributed by atoms with Crippen molar-refractivity contribution in [2.75, 3.05) is 19.7 Å². The van der Waals surface area contributed by atoms with Crippen molar-refractivity contribution in [3.05, 3.63) is 93.9 Å². The molecule has 0 spiro atoms. The molecule has 1 heterocycles. The Hall–Kier alpha value is -3.45. The van der Waals surface area contributed by atoms with Gasteiger partial charge in [-0.15, -0.1) is 0 Å². The molecule has 3 aromatic rings. The van der Waals surface area contributed by atoms with Crippen molar-refractivity contribution < 1.29 is 9.53 Å². The average Bonchev–Trinajstić information content (AvgIpc) is 2.83. The highest BCUT2D eigenvalue weighted by Crippen LogP contribution is 2.12. The van der Waals surface area contributed by atoms with Crippen LogP contribution in [-0.2, 0) is 19.6 Å². The first kappa shape index (κ1) is 23.2. The van der Waals surface area contributed by atoms with Crippen LogP contribution in [0.25, 0.3) is 0 Å². The number of nitrogens with zero attached hydrogens (tertiary/aromatic N) is 3. The zero-order valence-corrected chi connectivity index (χ0v) is 18.7. The standard InChI is InChI=1S/C25H30N4O3/c1-3-28(4-2)19-21-11-9-8-10-20(21)18-26-25(31)23-14-15-24(30)29(27-23)16-17-32-22-12-6-5-7-13-22/h5-15H,3-4,16-19H2,1-2H3,(H,26,31). The maximum atomic E-state index is 12.7. The number of nitrogens with one attached hydrogen (secondary N) is 1. The summed E-state index contributed by atoms with van der Waals surface area (Å²) in [5.41, 5.74) is 2.18. The van der Waals surface area contributed by atoms with Crippen molar-refractivity contribution in [3.8, 4) is 5.75 Å². The number of amides is 1. The fourth-order valence-corrected chi connectivity index (χ4v) is 3.34. The van der Waals surface area contributed by atoms with E-state index < -0.39 is 0 Å². The molecule has 7 nitrogen and oxygen atoms in total. The number of para-hydroxylation sites is 1. The predicted octanol–water partition coefficient (Wildman–Crippen LogP) is 3.09. The first-order valence-corrected chi connectivity index (χ1v) is 10.9. The van der Waals surface area contributed by atoms with E-state index in [1.165, 1.54) is 22.4 Å². The molecule has 7 heteroatoms. The molecule has 0 radical (unpaired) electrons. The van der Waals surface area contributed by atoms with Crippen molar-refractivity contribution >= 4 is 5.91 Å². The highest BCUT2D eigenvalue weighted by Gasteiger charge is 2.12. The Morgan fingerprint density at radius 2 is 1.66 bits per heavy atom. The monoisotopic (exact) mass is 434 g/mol. The molecule has 0 aliphatic heterocycles. The van der Waals surface area contributed by atoms with Crippen LogP contribution in [0.3, 0.4) is 0 Å². The van der Waals surface area contributed by atoms with Gasteiger partial charge in [0.1, 0.15) is 18.1 Å². The van der Waals surface area contributed by atoms with Gasteiger partial charge in [0.15, 0.2) is 0 Å². The maximum absolute atomic E-state index is 12.7. The fourth-order valence-electron chi connectivity index (χ4n) is 3.34. The molecule has 0 saturated heterocycles. The van der Waals surface area contributed by atoms with Gasteiger partial charge in [0.25, 0.3) is 11.5 Å². The lowest BCUT2D eigenvalue weighted by atomic mass is 10.1. The quantitative estimate of drug-likeness (QED) is 0.502. The van der Waals surface area contributed by atoms with Crippen LogP contribution in [-0.4, -0.2) is 40.3 Å². The molecule has 0 fully saturated rings. The van der Waals surface area contributed by atoms with Gasteiger partial charge in [0.05, 0.1) is 6.54 Å². The maximum Gasteiger partial charge on any atom is 0.271 e. The molecule has 168 valence electrons. The SMILES string of the molecule is CCN(CC)Cc1ccccc1CNC(=O)c1ccc(=O)n(CCOc2ccccc2)n1. The van der Waals surface area contributed by atoms with Gasteiger partial charge in [-0.2, -0.15) is 5.10 Å². The van der Waals surface area contributed by atoms with E-state index in [4.69, 9.17) is 4.74 Å². The summed E-state index contributed by atoms with van der Waals surface area (Å²) in [5.74, 6) is 0.401. The van der Waals surface area contributed by atoms with Crippen LogP contribution in [0, 0.1) is 0 Å². The van der Waals surface area contributed by atoms with Gasteiger partial charge >= 0.3 is 0 Å². The van der Waals surface area contributed by atoms with Gasteiger partial charge in [-0.25, -0.2) is 4.68 Å². The Morgan fingerprint density at radius 3 is 2.38 bits per heavy atom. The first-order valence-electron chi connectivity index (χ1n) is 10.9. The molecule has 1 amide bonds. The van der Waals surface area contributed by atoms with Gasteiger partial charge in [0.2, 0.25) is 0 Å². The van der Waals surface area contributed by atoms with Crippen molar-refractivity contribution in [1.82, 2.24) is 20.0 Å². The summed E-state index contributed by atoms with van der Waals surface area (Å²) < 4.78 is 6.89. The Balaban J connectivity index is 1.61. The van der Waals surface area contributed by atoms with E-state index in [2.05, 4.69) is 35.2 Å². The second-order valence-electron chi connectivity index (χ2n) is 7.35. The molecule has 0 aliphatic rings. The molecule has 1 aromatic heterocycles. The minimum Gasteiger partial charge on any atom is -0.492 e. The number of benzene rings is 2. The second kappa shape index (κ2) is 11.8. The van der Waals surface area contributed by atoms with Crippen LogP contribution in [0.2, 0.25) is 0 Å². The summed E-state index contributed by atoms with van der Waals surface area (Å²) in [6, 6.07) is 20.3. The minimum absolute atomic E-state index is 0.200. The van der Waals surface area contributed by atoms with E-state index in [-0.39, 0.29) is 30.3 Å². The highest BCUT2D eigenvalue weighted by molar-refractivity contribution is 5.91. The lowest BCUT2D eigenvalue weighted by Crippen LogP contribution is -2.31. The van der Waals surface area contributed by atoms with E-state index in [9.17, 15) is 9.59 Å². The molecule has 0 aliphatic carbocycles. The third-order valence-corrected chi connectivity index (χ3v) is 5.26. The zero-order valence-electron chi connectivity index (χ0n) is 18.7. The van der Waals surface area contributed by atoms with Crippen molar-refractivity contribution in [2.24, 2.45) is 0 Å². The smallest absolute Gasteiger partial charge is 0.271 e. The Morgan fingerprint density at radius 1 is 0.969 bits per heavy atom.